The van der Waals surface area contributed by atoms with E-state index in [2.05, 4.69) is 23.7 Å². The molecule has 0 aliphatic rings. The minimum atomic E-state index is -0.285. The second-order valence-electron chi connectivity index (χ2n) is 4.91. The van der Waals surface area contributed by atoms with Gasteiger partial charge in [0.25, 0.3) is 0 Å². The van der Waals surface area contributed by atoms with Gasteiger partial charge < -0.3 is 14.9 Å². The molecule has 0 unspecified atom stereocenters. The third-order valence-electron chi connectivity index (χ3n) is 3.63. The van der Waals surface area contributed by atoms with Crippen molar-refractivity contribution in [3.8, 4) is 0 Å². The molecular weight excluding hydrogens is 268 g/mol. The molecule has 2 heterocycles. The van der Waals surface area contributed by atoms with Crippen LogP contribution in [0, 0.1) is 0 Å². The Kier molecular flexibility index (Phi) is 4.80. The third kappa shape index (κ3) is 3.33. The summed E-state index contributed by atoms with van der Waals surface area (Å²) in [5, 5.41) is 0. The number of fused-ring (bicyclic) bond motifs is 1. The van der Waals surface area contributed by atoms with E-state index in [1.165, 1.54) is 7.11 Å². The Morgan fingerprint density at radius 2 is 2.10 bits per heavy atom. The Hall–Kier alpha value is -2.08. The van der Waals surface area contributed by atoms with Gasteiger partial charge in [0.2, 0.25) is 0 Å². The van der Waals surface area contributed by atoms with E-state index in [0.717, 1.165) is 36.7 Å². The van der Waals surface area contributed by atoms with Gasteiger partial charge in [-0.2, -0.15) is 0 Å². The Balaban J connectivity index is 2.47. The molecule has 0 amide bonds. The summed E-state index contributed by atoms with van der Waals surface area (Å²) in [5.74, 6) is -0.285. The van der Waals surface area contributed by atoms with E-state index in [-0.39, 0.29) is 12.4 Å². The van der Waals surface area contributed by atoms with E-state index >= 15 is 0 Å². The number of ether oxygens (including phenoxy) is 1. The summed E-state index contributed by atoms with van der Waals surface area (Å²) in [4.78, 5) is 18.4. The minimum absolute atomic E-state index is 0.175. The van der Waals surface area contributed by atoms with Crippen LogP contribution in [0.5, 0.6) is 0 Å². The zero-order valence-corrected chi connectivity index (χ0v) is 12.8. The number of aromatic nitrogens is 2. The second kappa shape index (κ2) is 6.58. The average Bonchev–Trinajstić information content (AvgIpc) is 2.81. The molecule has 6 heteroatoms. The molecule has 21 heavy (non-hydrogen) atoms. The molecule has 0 saturated carbocycles. The first-order chi connectivity index (χ1) is 10.1. The van der Waals surface area contributed by atoms with Gasteiger partial charge in [0.1, 0.15) is 5.65 Å². The lowest BCUT2D eigenvalue weighted by atomic mass is 10.2. The molecule has 6 nitrogen and oxygen atoms in total. The number of esters is 1. The van der Waals surface area contributed by atoms with Crippen molar-refractivity contribution in [3.63, 3.8) is 0 Å². The number of nitrogens with zero attached hydrogens (tertiary/aromatic N) is 3. The van der Waals surface area contributed by atoms with Gasteiger partial charge in [-0.25, -0.2) is 4.98 Å². The van der Waals surface area contributed by atoms with Crippen LogP contribution in [-0.4, -0.2) is 40.5 Å². The van der Waals surface area contributed by atoms with Gasteiger partial charge in [-0.15, -0.1) is 0 Å². The fourth-order valence-corrected chi connectivity index (χ4v) is 2.34. The molecular formula is C15H22N4O2. The molecule has 0 fully saturated rings. The summed E-state index contributed by atoms with van der Waals surface area (Å²) in [6, 6.07) is 3.67. The second-order valence-corrected chi connectivity index (χ2v) is 4.91. The highest BCUT2D eigenvalue weighted by atomic mass is 16.5. The molecule has 0 atom stereocenters. The lowest BCUT2D eigenvalue weighted by molar-refractivity contribution is -0.139. The monoisotopic (exact) mass is 290 g/mol. The zero-order chi connectivity index (χ0) is 15.4. The number of hydrogen-bond acceptors (Lipinski definition) is 5. The third-order valence-corrected chi connectivity index (χ3v) is 3.63. The highest BCUT2D eigenvalue weighted by Crippen LogP contribution is 2.18. The van der Waals surface area contributed by atoms with Gasteiger partial charge in [0.05, 0.1) is 24.9 Å². The highest BCUT2D eigenvalue weighted by Gasteiger charge is 2.17. The number of rotatable bonds is 6. The Bertz CT molecular complexity index is 632. The number of anilines is 1. The number of hydrogen-bond donors (Lipinski definition) is 1. The number of pyridine rings is 1. The van der Waals surface area contributed by atoms with Crippen LogP contribution in [0.1, 0.15) is 25.2 Å². The van der Waals surface area contributed by atoms with Crippen LogP contribution in [0.3, 0.4) is 0 Å². The molecule has 2 N–H and O–H groups in total. The van der Waals surface area contributed by atoms with Crippen molar-refractivity contribution in [1.29, 1.82) is 0 Å². The molecule has 114 valence electrons. The fraction of sp³-hybridized carbons (Fsp3) is 0.467. The normalized spacial score (nSPS) is 11.2. The van der Waals surface area contributed by atoms with Crippen molar-refractivity contribution in [1.82, 2.24) is 14.3 Å². The smallest absolute Gasteiger partial charge is 0.311 e. The number of methoxy groups -OCH3 is 1. The van der Waals surface area contributed by atoms with Crippen molar-refractivity contribution >= 4 is 17.3 Å². The van der Waals surface area contributed by atoms with Crippen LogP contribution < -0.4 is 5.73 Å². The van der Waals surface area contributed by atoms with E-state index in [0.29, 0.717) is 5.69 Å². The maximum Gasteiger partial charge on any atom is 0.311 e. The highest BCUT2D eigenvalue weighted by molar-refractivity contribution is 5.72. The number of nitrogen functional groups attached to an aromatic ring is 1. The van der Waals surface area contributed by atoms with Crippen molar-refractivity contribution in [2.24, 2.45) is 0 Å². The Morgan fingerprint density at radius 3 is 2.71 bits per heavy atom. The van der Waals surface area contributed by atoms with Gasteiger partial charge in [-0.05, 0) is 25.2 Å². The van der Waals surface area contributed by atoms with Crippen molar-refractivity contribution in [3.05, 3.63) is 29.7 Å². The molecule has 2 rings (SSSR count). The predicted octanol–water partition coefficient (Wildman–Crippen LogP) is 1.47. The maximum atomic E-state index is 11.6. The number of nitrogens with two attached hydrogens (primary N) is 1. The average molecular weight is 290 g/mol. The first-order valence-electron chi connectivity index (χ1n) is 7.13. The van der Waals surface area contributed by atoms with E-state index in [4.69, 9.17) is 10.5 Å². The summed E-state index contributed by atoms with van der Waals surface area (Å²) in [6.07, 6.45) is 2.02. The summed E-state index contributed by atoms with van der Waals surface area (Å²) >= 11 is 0. The van der Waals surface area contributed by atoms with E-state index in [1.54, 1.807) is 0 Å². The van der Waals surface area contributed by atoms with Crippen LogP contribution in [0.15, 0.2) is 18.3 Å². The van der Waals surface area contributed by atoms with E-state index in [1.807, 2.05) is 22.7 Å². The van der Waals surface area contributed by atoms with Gasteiger partial charge in [0, 0.05) is 18.4 Å². The summed E-state index contributed by atoms with van der Waals surface area (Å²) in [7, 11) is 1.39. The predicted molar refractivity (Wildman–Crippen MR) is 81.9 cm³/mol. The van der Waals surface area contributed by atoms with Crippen LogP contribution in [0.2, 0.25) is 0 Å². The standard InChI is InChI=1S/C15H22N4O2/c1-4-18(5-2)10-13-12(8-15(20)21-3)17-14-7-6-11(16)9-19(13)14/h6-7,9H,4-5,8,10,16H2,1-3H3. The van der Waals surface area contributed by atoms with E-state index in [9.17, 15) is 4.79 Å². The van der Waals surface area contributed by atoms with E-state index < -0.39 is 0 Å². The summed E-state index contributed by atoms with van der Waals surface area (Å²) in [5.41, 5.74) is 9.08. The van der Waals surface area contributed by atoms with Crippen LogP contribution in [0.4, 0.5) is 5.69 Å². The van der Waals surface area contributed by atoms with Crippen molar-refractivity contribution in [2.75, 3.05) is 25.9 Å². The molecule has 2 aromatic rings. The molecule has 0 spiro atoms. The Labute approximate surface area is 124 Å². The first kappa shape index (κ1) is 15.3. The number of carbonyl (C=O) groups is 1. The minimum Gasteiger partial charge on any atom is -0.469 e. The molecule has 0 radical (unpaired) electrons. The van der Waals surface area contributed by atoms with Crippen molar-refractivity contribution in [2.45, 2.75) is 26.8 Å². The molecule has 0 saturated heterocycles. The summed E-state index contributed by atoms with van der Waals surface area (Å²) < 4.78 is 6.72. The van der Waals surface area contributed by atoms with Gasteiger partial charge in [-0.3, -0.25) is 9.69 Å². The zero-order valence-electron chi connectivity index (χ0n) is 12.8. The fourth-order valence-electron chi connectivity index (χ4n) is 2.34. The van der Waals surface area contributed by atoms with Crippen molar-refractivity contribution < 1.29 is 9.53 Å². The van der Waals surface area contributed by atoms with Gasteiger partial charge >= 0.3 is 5.97 Å². The van der Waals surface area contributed by atoms with Crippen LogP contribution in [-0.2, 0) is 22.5 Å². The lowest BCUT2D eigenvalue weighted by Crippen LogP contribution is -2.24. The first-order valence-corrected chi connectivity index (χ1v) is 7.13. The molecule has 0 aromatic carbocycles. The quantitative estimate of drug-likeness (QED) is 0.816. The van der Waals surface area contributed by atoms with Crippen LogP contribution >= 0.6 is 0 Å². The maximum absolute atomic E-state index is 11.6. The van der Waals surface area contributed by atoms with Gasteiger partial charge in [-0.1, -0.05) is 13.8 Å². The Morgan fingerprint density at radius 1 is 1.38 bits per heavy atom. The lowest BCUT2D eigenvalue weighted by Gasteiger charge is -2.18. The molecule has 0 bridgehead atoms. The SMILES string of the molecule is CCN(CC)Cc1c(CC(=O)OC)nc2ccc(N)cn12. The van der Waals surface area contributed by atoms with Crippen LogP contribution in [0.25, 0.3) is 5.65 Å². The number of carbonyl (C=O) groups excluding carboxylic acids is 1. The molecule has 2 aromatic heterocycles. The topological polar surface area (TPSA) is 72.9 Å². The largest absolute Gasteiger partial charge is 0.469 e. The number of imidazole rings is 1. The van der Waals surface area contributed by atoms with Gasteiger partial charge in [0.15, 0.2) is 0 Å². The summed E-state index contributed by atoms with van der Waals surface area (Å²) in [6.45, 7) is 6.82. The molecule has 0 aliphatic heterocycles. The molecule has 0 aliphatic carbocycles.